The molecule has 17 heavy (non-hydrogen) atoms. The molecule has 0 bridgehead atoms. The zero-order chi connectivity index (χ0) is 13.5. The Morgan fingerprint density at radius 3 is 0.471 bits per heavy atom. The van der Waals surface area contributed by atoms with E-state index in [1.165, 1.54) is 0 Å². The van der Waals surface area contributed by atoms with Crippen LogP contribution in [-0.4, -0.2) is 77.4 Å². The Labute approximate surface area is 190 Å². The molecule has 0 amide bonds. The Bertz CT molecular complexity index is 97.0. The van der Waals surface area contributed by atoms with E-state index in [9.17, 15) is 0 Å². The molecule has 0 unspecified atom stereocenters. The van der Waals surface area contributed by atoms with E-state index in [-0.39, 0.29) is 77.6 Å². The van der Waals surface area contributed by atoms with E-state index in [0.29, 0.717) is 0 Å². The average molecular weight is 425 g/mol. The third-order valence-corrected chi connectivity index (χ3v) is 0. The SMILES string of the molecule is [K+].[O]=[Al][O-].[O]=[Al][O-].[O]=[Al][O-].[O]=[Al][O-].[O]=[Al][O-].[Zr+4]. The van der Waals surface area contributed by atoms with Crippen molar-refractivity contribution >= 4 is 77.4 Å². The molecule has 17 heteroatoms. The minimum atomic E-state index is -1.75. The van der Waals surface area contributed by atoms with Crippen LogP contribution in [0.3, 0.4) is 0 Å². The molecule has 0 aliphatic carbocycles. The van der Waals surface area contributed by atoms with E-state index in [4.69, 9.17) is 39.8 Å². The van der Waals surface area contributed by atoms with Crippen LogP contribution in [-0.2, 0) is 45.2 Å². The molecule has 0 spiro atoms. The minimum absolute atomic E-state index is 0. The van der Waals surface area contributed by atoms with Crippen molar-refractivity contribution < 1.29 is 117 Å². The van der Waals surface area contributed by atoms with Crippen LogP contribution in [0.1, 0.15) is 0 Å². The van der Waals surface area contributed by atoms with Gasteiger partial charge in [0.1, 0.15) is 0 Å². The first-order chi connectivity index (χ1) is 7.07. The van der Waals surface area contributed by atoms with Gasteiger partial charge in [0.2, 0.25) is 0 Å². The Hall–Kier alpha value is 3.18. The predicted octanol–water partition coefficient (Wildman–Crippen LogP) is -11.4. The fourth-order valence-electron chi connectivity index (χ4n) is 0. The molecule has 0 radical (unpaired) electrons. The normalized spacial score (nSPS) is 2.35. The predicted molar refractivity (Wildman–Crippen MR) is 32.2 cm³/mol. The average Bonchev–Trinajstić information content (AvgIpc) is 2.09. The molecule has 0 saturated carbocycles. The van der Waals surface area contributed by atoms with Gasteiger partial charge in [0, 0.05) is 0 Å². The van der Waals surface area contributed by atoms with Crippen LogP contribution < -0.4 is 72.2 Å². The standard InChI is InChI=1S/5Al.K.10O.Zr/q;;;;;+1;;;;;;5*-1;+4. The Balaban J connectivity index is -0.0000000143. The van der Waals surface area contributed by atoms with E-state index in [0.717, 1.165) is 0 Å². The molecule has 0 aromatic heterocycles. The zero-order valence-electron chi connectivity index (χ0n) is 8.47. The summed E-state index contributed by atoms with van der Waals surface area (Å²) in [6, 6.07) is 0. The van der Waals surface area contributed by atoms with Gasteiger partial charge in [-0.15, -0.1) is 0 Å². The fourth-order valence-corrected chi connectivity index (χ4v) is 0. The van der Waals surface area contributed by atoms with Crippen LogP contribution in [0.25, 0.3) is 0 Å². The van der Waals surface area contributed by atoms with E-state index >= 15 is 0 Å². The second-order valence-corrected chi connectivity index (χ2v) is 1.44. The summed E-state index contributed by atoms with van der Waals surface area (Å²) < 4.78 is 84.6. The van der Waals surface area contributed by atoms with Crippen LogP contribution in [0.2, 0.25) is 0 Å². The molecule has 0 N–H and O–H groups in total. The van der Waals surface area contributed by atoms with Crippen LogP contribution >= 0.6 is 0 Å². The summed E-state index contributed by atoms with van der Waals surface area (Å²) in [4.78, 5) is 0. The molecule has 0 atom stereocenters. The smallest absolute Gasteiger partial charge is 4.00 e. The maximum atomic E-state index is 8.46. The Morgan fingerprint density at radius 2 is 0.471 bits per heavy atom. The van der Waals surface area contributed by atoms with Crippen molar-refractivity contribution in [3.63, 3.8) is 0 Å². The molecular weight excluding hydrogens is 425 g/mol. The van der Waals surface area contributed by atoms with Crippen LogP contribution in [0.5, 0.6) is 0 Å². The van der Waals surface area contributed by atoms with Crippen molar-refractivity contribution in [1.29, 1.82) is 0 Å². The van der Waals surface area contributed by atoms with Crippen molar-refractivity contribution in [2.45, 2.75) is 0 Å². The molecule has 0 fully saturated rings. The third-order valence-electron chi connectivity index (χ3n) is 0. The van der Waals surface area contributed by atoms with Gasteiger partial charge in [0.15, 0.2) is 0 Å². The van der Waals surface area contributed by atoms with Crippen molar-refractivity contribution in [3.05, 3.63) is 0 Å². The first-order valence-corrected chi connectivity index (χ1v) is 7.07. The van der Waals surface area contributed by atoms with Gasteiger partial charge in [-0.25, -0.2) is 0 Å². The third kappa shape index (κ3) is 559. The number of rotatable bonds is 0. The van der Waals surface area contributed by atoms with Gasteiger partial charge in [-0.2, -0.15) is 0 Å². The van der Waals surface area contributed by atoms with Crippen LogP contribution in [0.4, 0.5) is 0 Å². The van der Waals surface area contributed by atoms with E-state index in [1.54, 1.807) is 0 Å². The summed E-state index contributed by atoms with van der Waals surface area (Å²) in [5.74, 6) is 0. The molecule has 0 saturated heterocycles. The summed E-state index contributed by atoms with van der Waals surface area (Å²) in [6.07, 6.45) is 0. The number of hydrogen-bond acceptors (Lipinski definition) is 10. The molecule has 0 heterocycles. The van der Waals surface area contributed by atoms with Gasteiger partial charge < -0.3 is 0 Å². The van der Waals surface area contributed by atoms with E-state index < -0.39 is 77.4 Å². The van der Waals surface area contributed by atoms with Crippen molar-refractivity contribution in [2.75, 3.05) is 0 Å². The van der Waals surface area contributed by atoms with Gasteiger partial charge >= 0.3 is 195 Å². The summed E-state index contributed by atoms with van der Waals surface area (Å²) in [6.45, 7) is 0. The van der Waals surface area contributed by atoms with E-state index in [2.05, 4.69) is 0 Å². The zero-order valence-corrected chi connectivity index (χ0v) is 19.8. The molecule has 10 nitrogen and oxygen atoms in total. The summed E-state index contributed by atoms with van der Waals surface area (Å²) in [5, 5.41) is 0. The van der Waals surface area contributed by atoms with Crippen molar-refractivity contribution in [2.24, 2.45) is 0 Å². The maximum absolute atomic E-state index is 8.46. The second-order valence-electron chi connectivity index (χ2n) is 0.481. The first-order valence-electron chi connectivity index (χ1n) is 2.36. The molecule has 0 rings (SSSR count). The van der Waals surface area contributed by atoms with E-state index in [1.807, 2.05) is 0 Å². The van der Waals surface area contributed by atoms with Gasteiger partial charge in [-0.3, -0.25) is 0 Å². The quantitative estimate of drug-likeness (QED) is 0.335. The monoisotopic (exact) mass is 424 g/mol. The Morgan fingerprint density at radius 1 is 0.471 bits per heavy atom. The minimum Gasteiger partial charge on any atom is 4.00 e. The molecule has 0 aromatic rings. The largest absolute Gasteiger partial charge is 4.00 e. The van der Waals surface area contributed by atoms with Crippen molar-refractivity contribution in [3.8, 4) is 0 Å². The van der Waals surface area contributed by atoms with Gasteiger partial charge in [-0.05, 0) is 0 Å². The second kappa shape index (κ2) is 94.7. The molecule has 0 aliphatic rings. The van der Waals surface area contributed by atoms with Gasteiger partial charge in [0.25, 0.3) is 0 Å². The maximum Gasteiger partial charge on any atom is 4.00 e. The number of hydrogen-bond donors (Lipinski definition) is 0. The van der Waals surface area contributed by atoms with Gasteiger partial charge in [-0.1, -0.05) is 0 Å². The first kappa shape index (κ1) is 42.7. The summed E-state index contributed by atoms with van der Waals surface area (Å²) in [5.41, 5.74) is 0. The van der Waals surface area contributed by atoms with Gasteiger partial charge in [0.05, 0.1) is 0 Å². The molecule has 80 valence electrons. The molecular formula is Al5KO10Zr. The summed E-state index contributed by atoms with van der Waals surface area (Å²) >= 11 is -8.75. The van der Waals surface area contributed by atoms with Crippen LogP contribution in [0.15, 0.2) is 0 Å². The molecule has 0 aliphatic heterocycles. The topological polar surface area (TPSA) is 201 Å². The molecule has 0 aromatic carbocycles. The van der Waals surface area contributed by atoms with Crippen LogP contribution in [0, 0.1) is 0 Å². The van der Waals surface area contributed by atoms with Crippen molar-refractivity contribution in [1.82, 2.24) is 0 Å². The summed E-state index contributed by atoms with van der Waals surface area (Å²) in [7, 11) is 0. The fraction of sp³-hybridized carbons (Fsp3) is 0. The Kier molecular flexibility index (Phi) is 238.